The summed E-state index contributed by atoms with van der Waals surface area (Å²) >= 11 is 0. The number of nitrogens with one attached hydrogen (secondary N) is 1. The van der Waals surface area contributed by atoms with Crippen molar-refractivity contribution < 1.29 is 14.3 Å². The lowest BCUT2D eigenvalue weighted by Crippen LogP contribution is -2.48. The Morgan fingerprint density at radius 1 is 1.25 bits per heavy atom. The molecular weight excluding hydrogens is 306 g/mol. The molecule has 0 amide bonds. The van der Waals surface area contributed by atoms with Gasteiger partial charge in [-0.2, -0.15) is 0 Å². The van der Waals surface area contributed by atoms with E-state index in [0.717, 1.165) is 44.9 Å². The first-order valence-electron chi connectivity index (χ1n) is 9.48. The van der Waals surface area contributed by atoms with Gasteiger partial charge in [0.1, 0.15) is 0 Å². The van der Waals surface area contributed by atoms with E-state index in [-0.39, 0.29) is 11.9 Å². The zero-order valence-corrected chi connectivity index (χ0v) is 15.3. The van der Waals surface area contributed by atoms with Gasteiger partial charge in [-0.25, -0.2) is 0 Å². The van der Waals surface area contributed by atoms with Gasteiger partial charge >= 0.3 is 5.97 Å². The van der Waals surface area contributed by atoms with Gasteiger partial charge in [-0.15, -0.1) is 0 Å². The number of carbonyl (C=O) groups is 1. The maximum absolute atomic E-state index is 12.0. The van der Waals surface area contributed by atoms with Crippen LogP contribution >= 0.6 is 0 Å². The van der Waals surface area contributed by atoms with Crippen LogP contribution in [0.25, 0.3) is 0 Å². The monoisotopic (exact) mass is 339 g/mol. The lowest BCUT2D eigenvalue weighted by molar-refractivity contribution is -0.149. The average molecular weight is 339 g/mol. The molecule has 6 nitrogen and oxygen atoms in total. The highest BCUT2D eigenvalue weighted by atomic mass is 16.5. The Balaban J connectivity index is 1.67. The van der Waals surface area contributed by atoms with Gasteiger partial charge in [0.15, 0.2) is 5.96 Å². The van der Waals surface area contributed by atoms with Crippen LogP contribution in [0.1, 0.15) is 51.9 Å². The molecule has 1 saturated carbocycles. The predicted octanol–water partition coefficient (Wildman–Crippen LogP) is 2.19. The number of piperidine rings is 1. The van der Waals surface area contributed by atoms with Crippen LogP contribution in [0.4, 0.5) is 0 Å². The second kappa shape index (κ2) is 10.5. The second-order valence-corrected chi connectivity index (χ2v) is 6.64. The number of hydrogen-bond acceptors (Lipinski definition) is 4. The molecule has 0 radical (unpaired) electrons. The molecule has 0 aromatic rings. The van der Waals surface area contributed by atoms with Crippen molar-refractivity contribution in [2.75, 3.05) is 39.9 Å². The van der Waals surface area contributed by atoms with Crippen LogP contribution in [-0.2, 0) is 14.3 Å². The highest BCUT2D eigenvalue weighted by Crippen LogP contribution is 2.21. The Labute approximate surface area is 146 Å². The molecule has 0 aromatic heterocycles. The topological polar surface area (TPSA) is 63.2 Å². The highest BCUT2D eigenvalue weighted by molar-refractivity contribution is 5.81. The number of likely N-dealkylation sites (tertiary alicyclic amines) is 1. The number of hydrogen-bond donors (Lipinski definition) is 1. The van der Waals surface area contributed by atoms with E-state index in [1.807, 2.05) is 6.92 Å². The molecule has 1 aliphatic heterocycles. The van der Waals surface area contributed by atoms with Gasteiger partial charge < -0.3 is 19.7 Å². The number of esters is 1. The predicted molar refractivity (Wildman–Crippen MR) is 95.1 cm³/mol. The van der Waals surface area contributed by atoms with Crippen LogP contribution in [0.3, 0.4) is 0 Å². The highest BCUT2D eigenvalue weighted by Gasteiger charge is 2.28. The van der Waals surface area contributed by atoms with E-state index in [4.69, 9.17) is 9.47 Å². The van der Waals surface area contributed by atoms with E-state index in [1.165, 1.54) is 25.7 Å². The molecule has 24 heavy (non-hydrogen) atoms. The van der Waals surface area contributed by atoms with Crippen LogP contribution < -0.4 is 5.32 Å². The summed E-state index contributed by atoms with van der Waals surface area (Å²) in [5.74, 6) is 0.760. The Morgan fingerprint density at radius 3 is 2.75 bits per heavy atom. The van der Waals surface area contributed by atoms with Crippen LogP contribution in [0.5, 0.6) is 0 Å². The number of ether oxygens (including phenoxy) is 2. The lowest BCUT2D eigenvalue weighted by Gasteiger charge is -2.34. The SMILES string of the molecule is CCOC(=O)C1CCCN(C(=NC)NCCCOC2CCCC2)C1. The fourth-order valence-electron chi connectivity index (χ4n) is 3.53. The van der Waals surface area contributed by atoms with Gasteiger partial charge in [0.25, 0.3) is 0 Å². The van der Waals surface area contributed by atoms with Crippen LogP contribution in [0.15, 0.2) is 4.99 Å². The summed E-state index contributed by atoms with van der Waals surface area (Å²) in [5, 5.41) is 3.40. The maximum atomic E-state index is 12.0. The molecule has 1 atom stereocenters. The largest absolute Gasteiger partial charge is 0.466 e. The summed E-state index contributed by atoms with van der Waals surface area (Å²) in [5.41, 5.74) is 0. The Bertz CT molecular complexity index is 408. The van der Waals surface area contributed by atoms with Crippen LogP contribution in [-0.4, -0.2) is 62.8 Å². The summed E-state index contributed by atoms with van der Waals surface area (Å²) in [6.07, 6.45) is 8.42. The van der Waals surface area contributed by atoms with Crippen molar-refractivity contribution in [2.24, 2.45) is 10.9 Å². The molecule has 2 fully saturated rings. The smallest absolute Gasteiger partial charge is 0.310 e. The van der Waals surface area contributed by atoms with Gasteiger partial charge in [-0.05, 0) is 39.0 Å². The molecule has 0 bridgehead atoms. The molecule has 0 aromatic carbocycles. The molecule has 1 aliphatic carbocycles. The quantitative estimate of drug-likeness (QED) is 0.333. The third-order valence-corrected chi connectivity index (χ3v) is 4.81. The van der Waals surface area contributed by atoms with Crippen molar-refractivity contribution >= 4 is 11.9 Å². The molecule has 2 rings (SSSR count). The molecule has 1 saturated heterocycles. The van der Waals surface area contributed by atoms with E-state index in [0.29, 0.717) is 19.3 Å². The molecule has 1 unspecified atom stereocenters. The van der Waals surface area contributed by atoms with Crippen molar-refractivity contribution in [1.82, 2.24) is 10.2 Å². The van der Waals surface area contributed by atoms with Crippen LogP contribution in [0.2, 0.25) is 0 Å². The molecule has 138 valence electrons. The Morgan fingerprint density at radius 2 is 2.04 bits per heavy atom. The number of nitrogens with zero attached hydrogens (tertiary/aromatic N) is 2. The summed E-state index contributed by atoms with van der Waals surface area (Å²) in [6, 6.07) is 0. The number of aliphatic imine (C=N–C) groups is 1. The second-order valence-electron chi connectivity index (χ2n) is 6.64. The molecule has 1 heterocycles. The standard InChI is InChI=1S/C18H33N3O3/c1-3-23-17(22)15-8-6-12-21(14-15)18(19-2)20-11-7-13-24-16-9-4-5-10-16/h15-16H,3-14H2,1-2H3,(H,19,20). The van der Waals surface area contributed by atoms with Gasteiger partial charge in [-0.1, -0.05) is 12.8 Å². The minimum atomic E-state index is -0.0809. The summed E-state index contributed by atoms with van der Waals surface area (Å²) in [4.78, 5) is 18.5. The molecule has 2 aliphatic rings. The Kier molecular flexibility index (Phi) is 8.36. The molecular formula is C18H33N3O3. The van der Waals surface area contributed by atoms with Gasteiger partial charge in [0.2, 0.25) is 0 Å². The first kappa shape index (κ1) is 19.0. The molecule has 1 N–H and O–H groups in total. The fourth-order valence-corrected chi connectivity index (χ4v) is 3.53. The zero-order chi connectivity index (χ0) is 17.2. The number of rotatable bonds is 7. The average Bonchev–Trinajstić information content (AvgIpc) is 3.12. The molecule has 0 spiro atoms. The lowest BCUT2D eigenvalue weighted by atomic mass is 9.98. The third-order valence-electron chi connectivity index (χ3n) is 4.81. The first-order valence-corrected chi connectivity index (χ1v) is 9.48. The van der Waals surface area contributed by atoms with Crippen LogP contribution in [0, 0.1) is 5.92 Å². The maximum Gasteiger partial charge on any atom is 0.310 e. The van der Waals surface area contributed by atoms with E-state index >= 15 is 0 Å². The third kappa shape index (κ3) is 5.96. The minimum absolute atomic E-state index is 0.0389. The normalized spacial score (nSPS) is 22.7. The van der Waals surface area contributed by atoms with Gasteiger partial charge in [0, 0.05) is 33.3 Å². The number of carbonyl (C=O) groups excluding carboxylic acids is 1. The van der Waals surface area contributed by atoms with Crippen molar-refractivity contribution in [1.29, 1.82) is 0 Å². The van der Waals surface area contributed by atoms with E-state index in [2.05, 4.69) is 15.2 Å². The summed E-state index contributed by atoms with van der Waals surface area (Å²) in [7, 11) is 1.80. The summed E-state index contributed by atoms with van der Waals surface area (Å²) in [6.45, 7) is 5.58. The minimum Gasteiger partial charge on any atom is -0.466 e. The van der Waals surface area contributed by atoms with E-state index < -0.39 is 0 Å². The van der Waals surface area contributed by atoms with E-state index in [9.17, 15) is 4.79 Å². The van der Waals surface area contributed by atoms with Crippen molar-refractivity contribution in [3.05, 3.63) is 0 Å². The van der Waals surface area contributed by atoms with Crippen molar-refractivity contribution in [2.45, 2.75) is 58.0 Å². The Hall–Kier alpha value is -1.30. The van der Waals surface area contributed by atoms with Gasteiger partial charge in [-0.3, -0.25) is 9.79 Å². The van der Waals surface area contributed by atoms with E-state index in [1.54, 1.807) is 7.05 Å². The van der Waals surface area contributed by atoms with Gasteiger partial charge in [0.05, 0.1) is 18.6 Å². The summed E-state index contributed by atoms with van der Waals surface area (Å²) < 4.78 is 11.0. The number of guanidine groups is 1. The van der Waals surface area contributed by atoms with Crippen molar-refractivity contribution in [3.8, 4) is 0 Å². The first-order chi connectivity index (χ1) is 11.7. The molecule has 6 heteroatoms. The fraction of sp³-hybridized carbons (Fsp3) is 0.889. The zero-order valence-electron chi connectivity index (χ0n) is 15.3. The van der Waals surface area contributed by atoms with Crippen molar-refractivity contribution in [3.63, 3.8) is 0 Å².